The molecule has 0 aromatic heterocycles. The summed E-state index contributed by atoms with van der Waals surface area (Å²) in [4.78, 5) is 0. The van der Waals surface area contributed by atoms with E-state index in [0.29, 0.717) is 30.7 Å². The summed E-state index contributed by atoms with van der Waals surface area (Å²) in [7, 11) is -3.06. The van der Waals surface area contributed by atoms with Crippen LogP contribution in [0.15, 0.2) is 0 Å². The third kappa shape index (κ3) is 3.01. The molecule has 1 aliphatic carbocycles. The van der Waals surface area contributed by atoms with Gasteiger partial charge in [0.2, 0.25) is 10.0 Å². The van der Waals surface area contributed by atoms with Crippen LogP contribution in [0.2, 0.25) is 0 Å². The van der Waals surface area contributed by atoms with Crippen molar-refractivity contribution in [3.8, 4) is 0 Å². The van der Waals surface area contributed by atoms with Gasteiger partial charge in [0.25, 0.3) is 0 Å². The summed E-state index contributed by atoms with van der Waals surface area (Å²) in [5, 5.41) is 0. The predicted molar refractivity (Wildman–Crippen MR) is 69.1 cm³/mol. The molecule has 2 N–H and O–H groups in total. The second kappa shape index (κ2) is 5.24. The Balaban J connectivity index is 1.99. The first kappa shape index (κ1) is 13.3. The normalized spacial score (nSPS) is 32.4. The van der Waals surface area contributed by atoms with E-state index in [2.05, 4.69) is 0 Å². The third-order valence-corrected chi connectivity index (χ3v) is 6.33. The Kier molecular flexibility index (Phi) is 4.10. The Bertz CT molecular complexity index is 350. The van der Waals surface area contributed by atoms with Gasteiger partial charge in [0.05, 0.1) is 5.75 Å². The van der Waals surface area contributed by atoms with Gasteiger partial charge in [-0.05, 0) is 44.6 Å². The van der Waals surface area contributed by atoms with Crippen molar-refractivity contribution in [1.29, 1.82) is 0 Å². The van der Waals surface area contributed by atoms with E-state index in [1.54, 1.807) is 4.31 Å². The van der Waals surface area contributed by atoms with E-state index in [9.17, 15) is 8.42 Å². The van der Waals surface area contributed by atoms with Crippen LogP contribution in [0, 0.1) is 11.8 Å². The van der Waals surface area contributed by atoms with Crippen molar-refractivity contribution in [1.82, 2.24) is 4.31 Å². The summed E-state index contributed by atoms with van der Waals surface area (Å²) in [6.45, 7) is 3.23. The Morgan fingerprint density at radius 3 is 2.41 bits per heavy atom. The maximum atomic E-state index is 12.3. The molecule has 0 spiro atoms. The average molecular weight is 260 g/mol. The molecule has 1 saturated carbocycles. The number of rotatable bonds is 4. The molecule has 2 atom stereocenters. The molecule has 4 nitrogen and oxygen atoms in total. The number of hydrogen-bond donors (Lipinski definition) is 1. The lowest BCUT2D eigenvalue weighted by molar-refractivity contribution is 0.398. The number of sulfonamides is 1. The van der Waals surface area contributed by atoms with Gasteiger partial charge >= 0.3 is 0 Å². The molecule has 5 heteroatoms. The zero-order valence-corrected chi connectivity index (χ0v) is 11.5. The summed E-state index contributed by atoms with van der Waals surface area (Å²) in [5.41, 5.74) is 5.64. The molecule has 0 radical (unpaired) electrons. The molecule has 2 rings (SSSR count). The molecular formula is C12H24N2O2S. The molecule has 1 aliphatic heterocycles. The van der Waals surface area contributed by atoms with E-state index in [1.807, 2.05) is 6.92 Å². The molecule has 2 unspecified atom stereocenters. The van der Waals surface area contributed by atoms with Crippen LogP contribution in [0.1, 0.15) is 39.0 Å². The highest BCUT2D eigenvalue weighted by Crippen LogP contribution is 2.30. The third-order valence-electron chi connectivity index (χ3n) is 4.22. The molecule has 0 bridgehead atoms. The lowest BCUT2D eigenvalue weighted by Gasteiger charge is -2.22. The zero-order valence-electron chi connectivity index (χ0n) is 10.6. The lowest BCUT2D eigenvalue weighted by atomic mass is 10.1. The lowest BCUT2D eigenvalue weighted by Crippen LogP contribution is -2.37. The van der Waals surface area contributed by atoms with Crippen LogP contribution in [-0.2, 0) is 10.0 Å². The maximum Gasteiger partial charge on any atom is 0.214 e. The van der Waals surface area contributed by atoms with Gasteiger partial charge < -0.3 is 5.73 Å². The van der Waals surface area contributed by atoms with Gasteiger partial charge in [0.15, 0.2) is 0 Å². The highest BCUT2D eigenvalue weighted by Gasteiger charge is 2.37. The van der Waals surface area contributed by atoms with Gasteiger partial charge in [-0.25, -0.2) is 8.42 Å². The quantitative estimate of drug-likeness (QED) is 0.825. The Hall–Kier alpha value is -0.130. The van der Waals surface area contributed by atoms with E-state index in [1.165, 1.54) is 12.8 Å². The number of hydrogen-bond acceptors (Lipinski definition) is 3. The zero-order chi connectivity index (χ0) is 12.5. The van der Waals surface area contributed by atoms with Crippen molar-refractivity contribution in [2.75, 3.05) is 18.8 Å². The summed E-state index contributed by atoms with van der Waals surface area (Å²) in [6, 6.07) is 0.134. The fourth-order valence-corrected chi connectivity index (χ4v) is 5.43. The van der Waals surface area contributed by atoms with Crippen molar-refractivity contribution in [3.05, 3.63) is 0 Å². The predicted octanol–water partition coefficient (Wildman–Crippen LogP) is 1.18. The maximum absolute atomic E-state index is 12.3. The molecule has 17 heavy (non-hydrogen) atoms. The largest absolute Gasteiger partial charge is 0.330 e. The summed E-state index contributed by atoms with van der Waals surface area (Å²) in [6.07, 6.45) is 5.48. The van der Waals surface area contributed by atoms with Gasteiger partial charge in [-0.15, -0.1) is 0 Å². The molecule has 2 aliphatic rings. The summed E-state index contributed by atoms with van der Waals surface area (Å²) >= 11 is 0. The molecule has 100 valence electrons. The number of nitrogens with two attached hydrogens (primary N) is 1. The fraction of sp³-hybridized carbons (Fsp3) is 1.00. The van der Waals surface area contributed by atoms with Gasteiger partial charge in [0.1, 0.15) is 0 Å². The Labute approximate surface area is 105 Å². The number of nitrogens with zero attached hydrogens (tertiary/aromatic N) is 1. The minimum Gasteiger partial charge on any atom is -0.330 e. The summed E-state index contributed by atoms with van der Waals surface area (Å²) in [5.74, 6) is 1.10. The van der Waals surface area contributed by atoms with Crippen LogP contribution >= 0.6 is 0 Å². The van der Waals surface area contributed by atoms with Crippen LogP contribution < -0.4 is 5.73 Å². The molecular weight excluding hydrogens is 236 g/mol. The molecule has 0 amide bonds. The van der Waals surface area contributed by atoms with E-state index in [-0.39, 0.29) is 6.04 Å². The van der Waals surface area contributed by atoms with Crippen LogP contribution in [0.3, 0.4) is 0 Å². The molecule has 1 saturated heterocycles. The first-order valence-corrected chi connectivity index (χ1v) is 8.33. The smallest absolute Gasteiger partial charge is 0.214 e. The van der Waals surface area contributed by atoms with E-state index < -0.39 is 10.0 Å². The van der Waals surface area contributed by atoms with Crippen LogP contribution in [-0.4, -0.2) is 37.6 Å². The first-order valence-electron chi connectivity index (χ1n) is 6.72. The monoisotopic (exact) mass is 260 g/mol. The highest BCUT2D eigenvalue weighted by molar-refractivity contribution is 7.89. The van der Waals surface area contributed by atoms with Gasteiger partial charge in [0, 0.05) is 12.6 Å². The van der Waals surface area contributed by atoms with Crippen LogP contribution in [0.5, 0.6) is 0 Å². The molecule has 2 fully saturated rings. The fourth-order valence-electron chi connectivity index (χ4n) is 3.24. The van der Waals surface area contributed by atoms with Crippen LogP contribution in [0.4, 0.5) is 0 Å². The van der Waals surface area contributed by atoms with Crippen molar-refractivity contribution < 1.29 is 8.42 Å². The summed E-state index contributed by atoms with van der Waals surface area (Å²) < 4.78 is 26.4. The van der Waals surface area contributed by atoms with E-state index in [0.717, 1.165) is 19.3 Å². The minimum absolute atomic E-state index is 0.134. The Morgan fingerprint density at radius 2 is 1.88 bits per heavy atom. The Morgan fingerprint density at radius 1 is 1.24 bits per heavy atom. The molecule has 0 aromatic carbocycles. The second-order valence-corrected chi connectivity index (χ2v) is 7.65. The average Bonchev–Trinajstić information content (AvgIpc) is 2.86. The minimum atomic E-state index is -3.06. The SMILES string of the molecule is CC1CC(CN)CN1S(=O)(=O)CC1CCCC1. The first-order chi connectivity index (χ1) is 8.03. The standard InChI is InChI=1S/C12H24N2O2S/c1-10-6-12(7-13)8-14(10)17(15,16)9-11-4-2-3-5-11/h10-12H,2-9,13H2,1H3. The van der Waals surface area contributed by atoms with E-state index in [4.69, 9.17) is 5.73 Å². The topological polar surface area (TPSA) is 63.4 Å². The van der Waals surface area contributed by atoms with Gasteiger partial charge in [-0.1, -0.05) is 12.8 Å². The van der Waals surface area contributed by atoms with Crippen LogP contribution in [0.25, 0.3) is 0 Å². The second-order valence-electron chi connectivity index (χ2n) is 5.69. The highest BCUT2D eigenvalue weighted by atomic mass is 32.2. The van der Waals surface area contributed by atoms with Crippen molar-refractivity contribution in [3.63, 3.8) is 0 Å². The van der Waals surface area contributed by atoms with Crippen molar-refractivity contribution in [2.45, 2.75) is 45.1 Å². The molecule has 0 aromatic rings. The van der Waals surface area contributed by atoms with Gasteiger partial charge in [-0.3, -0.25) is 0 Å². The van der Waals surface area contributed by atoms with E-state index >= 15 is 0 Å². The van der Waals surface area contributed by atoms with Gasteiger partial charge in [-0.2, -0.15) is 4.31 Å². The molecule has 1 heterocycles. The van der Waals surface area contributed by atoms with Crippen molar-refractivity contribution >= 4 is 10.0 Å². The van der Waals surface area contributed by atoms with Crippen molar-refractivity contribution in [2.24, 2.45) is 17.6 Å².